The van der Waals surface area contributed by atoms with E-state index in [1.54, 1.807) is 0 Å². The van der Waals surface area contributed by atoms with Gasteiger partial charge in [-0.05, 0) is 33.6 Å². The quantitative estimate of drug-likeness (QED) is 0.800. The van der Waals surface area contributed by atoms with Crippen LogP contribution in [0.2, 0.25) is 0 Å². The van der Waals surface area contributed by atoms with E-state index < -0.39 is 0 Å². The van der Waals surface area contributed by atoms with Gasteiger partial charge in [0.25, 0.3) is 0 Å². The maximum atomic E-state index is 11.5. The maximum absolute atomic E-state index is 11.5. The van der Waals surface area contributed by atoms with Crippen molar-refractivity contribution in [1.82, 2.24) is 10.2 Å². The number of hydrogen-bond donors (Lipinski definition) is 2. The molecule has 1 unspecified atom stereocenters. The third-order valence-electron chi connectivity index (χ3n) is 3.13. The molecule has 0 spiro atoms. The molecule has 0 aromatic heterocycles. The van der Waals surface area contributed by atoms with Gasteiger partial charge in [-0.15, -0.1) is 12.4 Å². The highest BCUT2D eigenvalue weighted by atomic mass is 35.5. The van der Waals surface area contributed by atoms with Crippen LogP contribution in [0.15, 0.2) is 0 Å². The van der Waals surface area contributed by atoms with E-state index in [9.17, 15) is 4.79 Å². The SMILES string of the molecule is CC(N)CC(=O)NC1CCN(C(C)C)CC1.Cl. The van der Waals surface area contributed by atoms with Crippen LogP contribution in [0.4, 0.5) is 0 Å². The predicted molar refractivity (Wildman–Crippen MR) is 73.4 cm³/mol. The Morgan fingerprint density at radius 3 is 2.29 bits per heavy atom. The summed E-state index contributed by atoms with van der Waals surface area (Å²) < 4.78 is 0. The molecule has 5 heteroatoms. The number of halogens is 1. The highest BCUT2D eigenvalue weighted by Gasteiger charge is 2.21. The molecule has 1 aliphatic rings. The largest absolute Gasteiger partial charge is 0.353 e. The lowest BCUT2D eigenvalue weighted by Gasteiger charge is -2.34. The van der Waals surface area contributed by atoms with Crippen molar-refractivity contribution in [2.45, 2.75) is 58.2 Å². The molecule has 102 valence electrons. The number of hydrogen-bond acceptors (Lipinski definition) is 3. The van der Waals surface area contributed by atoms with Gasteiger partial charge in [0.15, 0.2) is 0 Å². The highest BCUT2D eigenvalue weighted by molar-refractivity contribution is 5.85. The van der Waals surface area contributed by atoms with Crippen molar-refractivity contribution in [3.63, 3.8) is 0 Å². The summed E-state index contributed by atoms with van der Waals surface area (Å²) in [5.41, 5.74) is 5.59. The molecule has 1 amide bonds. The highest BCUT2D eigenvalue weighted by Crippen LogP contribution is 2.12. The van der Waals surface area contributed by atoms with Crippen molar-refractivity contribution < 1.29 is 4.79 Å². The standard InChI is InChI=1S/C12H25N3O.ClH/c1-9(2)15-6-4-11(5-7-15)14-12(16)8-10(3)13;/h9-11H,4-8,13H2,1-3H3,(H,14,16);1H. The first-order chi connectivity index (χ1) is 7.49. The number of nitrogens with zero attached hydrogens (tertiary/aromatic N) is 1. The smallest absolute Gasteiger partial charge is 0.221 e. The summed E-state index contributed by atoms with van der Waals surface area (Å²) in [6, 6.07) is 0.915. The summed E-state index contributed by atoms with van der Waals surface area (Å²) in [5, 5.41) is 3.06. The molecular weight excluding hydrogens is 238 g/mol. The molecular formula is C12H26ClN3O. The lowest BCUT2D eigenvalue weighted by molar-refractivity contribution is -0.122. The van der Waals surface area contributed by atoms with Crippen LogP contribution < -0.4 is 11.1 Å². The van der Waals surface area contributed by atoms with Crippen LogP contribution in [-0.4, -0.2) is 42.0 Å². The average Bonchev–Trinajstić information content (AvgIpc) is 2.16. The summed E-state index contributed by atoms with van der Waals surface area (Å²) in [6.45, 7) is 8.46. The molecule has 4 nitrogen and oxygen atoms in total. The van der Waals surface area contributed by atoms with Crippen molar-refractivity contribution in [2.24, 2.45) is 5.73 Å². The van der Waals surface area contributed by atoms with E-state index in [1.807, 2.05) is 6.92 Å². The molecule has 1 atom stereocenters. The Kier molecular flexibility index (Phi) is 7.75. The van der Waals surface area contributed by atoms with Gasteiger partial charge in [0.2, 0.25) is 5.91 Å². The average molecular weight is 264 g/mol. The first kappa shape index (κ1) is 16.7. The zero-order valence-corrected chi connectivity index (χ0v) is 11.9. The zero-order chi connectivity index (χ0) is 12.1. The molecule has 1 fully saturated rings. The van der Waals surface area contributed by atoms with E-state index in [1.165, 1.54) is 0 Å². The lowest BCUT2D eigenvalue weighted by Crippen LogP contribution is -2.47. The Balaban J connectivity index is 0.00000256. The van der Waals surface area contributed by atoms with Gasteiger partial charge in [0.05, 0.1) is 0 Å². The Morgan fingerprint density at radius 2 is 1.88 bits per heavy atom. The Labute approximate surface area is 111 Å². The number of nitrogens with one attached hydrogen (secondary N) is 1. The van der Waals surface area contributed by atoms with Gasteiger partial charge in [-0.2, -0.15) is 0 Å². The maximum Gasteiger partial charge on any atom is 0.221 e. The Bertz CT molecular complexity index is 226. The third kappa shape index (κ3) is 6.24. The third-order valence-corrected chi connectivity index (χ3v) is 3.13. The van der Waals surface area contributed by atoms with Crippen LogP contribution in [0.1, 0.15) is 40.0 Å². The molecule has 3 N–H and O–H groups in total. The first-order valence-electron chi connectivity index (χ1n) is 6.28. The molecule has 0 aromatic rings. The van der Waals surface area contributed by atoms with Gasteiger partial charge in [-0.3, -0.25) is 4.79 Å². The van der Waals surface area contributed by atoms with Crippen molar-refractivity contribution in [1.29, 1.82) is 0 Å². The summed E-state index contributed by atoms with van der Waals surface area (Å²) in [5.74, 6) is 0.0954. The number of carbonyl (C=O) groups excluding carboxylic acids is 1. The first-order valence-corrected chi connectivity index (χ1v) is 6.28. The minimum absolute atomic E-state index is 0. The van der Waals surface area contributed by atoms with Crippen molar-refractivity contribution in [3.05, 3.63) is 0 Å². The fraction of sp³-hybridized carbons (Fsp3) is 0.917. The topological polar surface area (TPSA) is 58.4 Å². The molecule has 0 aliphatic carbocycles. The number of amides is 1. The van der Waals surface area contributed by atoms with E-state index in [4.69, 9.17) is 5.73 Å². The fourth-order valence-corrected chi connectivity index (χ4v) is 2.14. The number of likely N-dealkylation sites (tertiary alicyclic amines) is 1. The minimum atomic E-state index is -0.0456. The second-order valence-electron chi connectivity index (χ2n) is 5.15. The second-order valence-corrected chi connectivity index (χ2v) is 5.15. The summed E-state index contributed by atoms with van der Waals surface area (Å²) in [6.07, 6.45) is 2.55. The fourth-order valence-electron chi connectivity index (χ4n) is 2.14. The number of piperidine rings is 1. The summed E-state index contributed by atoms with van der Waals surface area (Å²) in [4.78, 5) is 14.0. The van der Waals surface area contributed by atoms with Crippen molar-refractivity contribution >= 4 is 18.3 Å². The molecule has 0 bridgehead atoms. The van der Waals surface area contributed by atoms with Crippen molar-refractivity contribution in [2.75, 3.05) is 13.1 Å². The van der Waals surface area contributed by atoms with Crippen LogP contribution in [0.25, 0.3) is 0 Å². The number of rotatable bonds is 4. The van der Waals surface area contributed by atoms with Crippen LogP contribution in [0.3, 0.4) is 0 Å². The van der Waals surface area contributed by atoms with Gasteiger partial charge in [-0.25, -0.2) is 0 Å². The van der Waals surface area contributed by atoms with Gasteiger partial charge >= 0.3 is 0 Å². The normalized spacial score (nSPS) is 19.8. The number of carbonyl (C=O) groups is 1. The summed E-state index contributed by atoms with van der Waals surface area (Å²) in [7, 11) is 0. The Morgan fingerprint density at radius 1 is 1.35 bits per heavy atom. The molecule has 0 aromatic carbocycles. The molecule has 1 rings (SSSR count). The molecule has 17 heavy (non-hydrogen) atoms. The van der Waals surface area contributed by atoms with Crippen LogP contribution in [0, 0.1) is 0 Å². The monoisotopic (exact) mass is 263 g/mol. The molecule has 1 saturated heterocycles. The zero-order valence-electron chi connectivity index (χ0n) is 11.1. The predicted octanol–water partition coefficient (Wildman–Crippen LogP) is 1.13. The van der Waals surface area contributed by atoms with Crippen LogP contribution in [0.5, 0.6) is 0 Å². The Hall–Kier alpha value is -0.320. The molecule has 0 saturated carbocycles. The van der Waals surface area contributed by atoms with E-state index in [2.05, 4.69) is 24.1 Å². The van der Waals surface area contributed by atoms with Crippen LogP contribution in [-0.2, 0) is 4.79 Å². The minimum Gasteiger partial charge on any atom is -0.353 e. The van der Waals surface area contributed by atoms with E-state index >= 15 is 0 Å². The lowest BCUT2D eigenvalue weighted by atomic mass is 10.0. The van der Waals surface area contributed by atoms with Gasteiger partial charge in [0, 0.05) is 37.6 Å². The molecule has 1 heterocycles. The summed E-state index contributed by atoms with van der Waals surface area (Å²) >= 11 is 0. The van der Waals surface area contributed by atoms with Gasteiger partial charge < -0.3 is 16.0 Å². The molecule has 0 radical (unpaired) electrons. The van der Waals surface area contributed by atoms with E-state index in [0.29, 0.717) is 18.5 Å². The molecule has 1 aliphatic heterocycles. The van der Waals surface area contributed by atoms with E-state index in [0.717, 1.165) is 25.9 Å². The number of nitrogens with two attached hydrogens (primary N) is 1. The second kappa shape index (κ2) is 7.90. The van der Waals surface area contributed by atoms with Gasteiger partial charge in [-0.1, -0.05) is 0 Å². The van der Waals surface area contributed by atoms with Crippen molar-refractivity contribution in [3.8, 4) is 0 Å². The van der Waals surface area contributed by atoms with Crippen LogP contribution >= 0.6 is 12.4 Å². The van der Waals surface area contributed by atoms with Gasteiger partial charge in [0.1, 0.15) is 0 Å². The van der Waals surface area contributed by atoms with E-state index in [-0.39, 0.29) is 24.4 Å².